The number of hydrogen-bond acceptors (Lipinski definition) is 6. The zero-order valence-corrected chi connectivity index (χ0v) is 16.5. The first-order valence-corrected chi connectivity index (χ1v) is 9.97. The standard InChI is InChI=1S/C19H20N2O3S2/c1-4-25-13-7-5-12(6-8-13)9-18(22)21-19-20-14-10-15(23-2)16(24-3)11-17(14)26-19/h5-8,10-11H,4,9H2,1-3H3,(H,20,21,22). The fourth-order valence-corrected chi connectivity index (χ4v) is 4.08. The first-order valence-electron chi connectivity index (χ1n) is 8.17. The Bertz CT molecular complexity index is 866. The molecule has 3 aromatic rings. The summed E-state index contributed by atoms with van der Waals surface area (Å²) in [6.07, 6.45) is 0.319. The van der Waals surface area contributed by atoms with Gasteiger partial charge in [0.2, 0.25) is 5.91 Å². The number of carbonyl (C=O) groups is 1. The molecule has 0 saturated heterocycles. The van der Waals surface area contributed by atoms with Crippen LogP contribution in [0.2, 0.25) is 0 Å². The Balaban J connectivity index is 1.70. The molecule has 0 spiro atoms. The van der Waals surface area contributed by atoms with Crippen LogP contribution in [0.1, 0.15) is 12.5 Å². The minimum Gasteiger partial charge on any atom is -0.493 e. The van der Waals surface area contributed by atoms with Crippen molar-refractivity contribution in [2.24, 2.45) is 0 Å². The zero-order valence-electron chi connectivity index (χ0n) is 14.9. The van der Waals surface area contributed by atoms with Gasteiger partial charge < -0.3 is 14.8 Å². The molecule has 3 rings (SSSR count). The van der Waals surface area contributed by atoms with Crippen LogP contribution in [0.4, 0.5) is 5.13 Å². The fraction of sp³-hybridized carbons (Fsp3) is 0.263. The number of rotatable bonds is 7. The molecule has 5 nitrogen and oxygen atoms in total. The summed E-state index contributed by atoms with van der Waals surface area (Å²) in [7, 11) is 3.18. The van der Waals surface area contributed by atoms with E-state index in [0.29, 0.717) is 23.1 Å². The van der Waals surface area contributed by atoms with E-state index in [2.05, 4.69) is 17.2 Å². The lowest BCUT2D eigenvalue weighted by Crippen LogP contribution is -2.14. The van der Waals surface area contributed by atoms with Crippen molar-refractivity contribution in [3.05, 3.63) is 42.0 Å². The minimum atomic E-state index is -0.0844. The van der Waals surface area contributed by atoms with E-state index in [1.165, 1.54) is 16.2 Å². The fourth-order valence-electron chi connectivity index (χ4n) is 2.53. The van der Waals surface area contributed by atoms with Gasteiger partial charge in [0.1, 0.15) is 0 Å². The number of hydrogen-bond donors (Lipinski definition) is 1. The first kappa shape index (κ1) is 18.5. The van der Waals surface area contributed by atoms with Crippen LogP contribution in [-0.4, -0.2) is 30.9 Å². The number of thioether (sulfide) groups is 1. The number of anilines is 1. The maximum atomic E-state index is 12.3. The van der Waals surface area contributed by atoms with Gasteiger partial charge in [-0.25, -0.2) is 4.98 Å². The van der Waals surface area contributed by atoms with Crippen LogP contribution in [0.3, 0.4) is 0 Å². The first-order chi connectivity index (χ1) is 12.6. The van der Waals surface area contributed by atoms with Crippen LogP contribution < -0.4 is 14.8 Å². The van der Waals surface area contributed by atoms with Crippen LogP contribution in [0.25, 0.3) is 10.2 Å². The molecule has 26 heavy (non-hydrogen) atoms. The second kappa shape index (κ2) is 8.42. The summed E-state index contributed by atoms with van der Waals surface area (Å²) >= 11 is 3.20. The Kier molecular flexibility index (Phi) is 6.00. The molecule has 0 aliphatic rings. The number of methoxy groups -OCH3 is 2. The molecule has 7 heteroatoms. The molecule has 1 heterocycles. The number of amides is 1. The van der Waals surface area contributed by atoms with Crippen molar-refractivity contribution in [3.8, 4) is 11.5 Å². The Morgan fingerprint density at radius 2 is 1.85 bits per heavy atom. The molecular weight excluding hydrogens is 368 g/mol. The zero-order chi connectivity index (χ0) is 18.5. The summed E-state index contributed by atoms with van der Waals surface area (Å²) in [4.78, 5) is 18.0. The van der Waals surface area contributed by atoms with Crippen molar-refractivity contribution < 1.29 is 14.3 Å². The number of carbonyl (C=O) groups excluding carboxylic acids is 1. The second-order valence-corrected chi connectivity index (χ2v) is 7.86. The minimum absolute atomic E-state index is 0.0844. The van der Waals surface area contributed by atoms with E-state index in [1.54, 1.807) is 26.0 Å². The molecule has 1 N–H and O–H groups in total. The largest absolute Gasteiger partial charge is 0.493 e. The van der Waals surface area contributed by atoms with Crippen molar-refractivity contribution in [3.63, 3.8) is 0 Å². The number of nitrogens with one attached hydrogen (secondary N) is 1. The highest BCUT2D eigenvalue weighted by atomic mass is 32.2. The van der Waals surface area contributed by atoms with Crippen molar-refractivity contribution >= 4 is 44.4 Å². The molecule has 0 radical (unpaired) electrons. The molecule has 1 amide bonds. The van der Waals surface area contributed by atoms with E-state index >= 15 is 0 Å². The predicted octanol–water partition coefficient (Wildman–Crippen LogP) is 4.61. The number of nitrogens with zero attached hydrogens (tertiary/aromatic N) is 1. The Hall–Kier alpha value is -2.25. The summed E-state index contributed by atoms with van der Waals surface area (Å²) in [5.74, 6) is 2.21. The van der Waals surface area contributed by atoms with Crippen LogP contribution in [0.15, 0.2) is 41.3 Å². The number of aromatic nitrogens is 1. The third-order valence-electron chi connectivity index (χ3n) is 3.74. The maximum absolute atomic E-state index is 12.3. The van der Waals surface area contributed by atoms with E-state index < -0.39 is 0 Å². The van der Waals surface area contributed by atoms with Gasteiger partial charge in [0.25, 0.3) is 0 Å². The number of fused-ring (bicyclic) bond motifs is 1. The second-order valence-electron chi connectivity index (χ2n) is 5.50. The third kappa shape index (κ3) is 4.28. The molecule has 0 aliphatic heterocycles. The number of ether oxygens (including phenoxy) is 2. The quantitative estimate of drug-likeness (QED) is 0.599. The van der Waals surface area contributed by atoms with Gasteiger partial charge in [0.15, 0.2) is 16.6 Å². The molecular formula is C19H20N2O3S2. The lowest BCUT2D eigenvalue weighted by atomic mass is 10.1. The monoisotopic (exact) mass is 388 g/mol. The van der Waals surface area contributed by atoms with Crippen molar-refractivity contribution in [1.29, 1.82) is 0 Å². The number of benzene rings is 2. The smallest absolute Gasteiger partial charge is 0.230 e. The molecule has 0 atom stereocenters. The molecule has 0 bridgehead atoms. The average molecular weight is 389 g/mol. The lowest BCUT2D eigenvalue weighted by molar-refractivity contribution is -0.115. The van der Waals surface area contributed by atoms with Gasteiger partial charge in [-0.2, -0.15) is 0 Å². The normalized spacial score (nSPS) is 10.7. The van der Waals surface area contributed by atoms with E-state index in [-0.39, 0.29) is 5.91 Å². The maximum Gasteiger partial charge on any atom is 0.230 e. The molecule has 0 saturated carbocycles. The topological polar surface area (TPSA) is 60.5 Å². The van der Waals surface area contributed by atoms with Gasteiger partial charge in [-0.15, -0.1) is 11.8 Å². The molecule has 0 aliphatic carbocycles. The molecule has 0 fully saturated rings. The van der Waals surface area contributed by atoms with Gasteiger partial charge in [-0.3, -0.25) is 4.79 Å². The van der Waals surface area contributed by atoms with Crippen LogP contribution in [-0.2, 0) is 11.2 Å². The van der Waals surface area contributed by atoms with E-state index in [9.17, 15) is 4.79 Å². The summed E-state index contributed by atoms with van der Waals surface area (Å²) in [5, 5.41) is 3.44. The van der Waals surface area contributed by atoms with Gasteiger partial charge in [-0.1, -0.05) is 30.4 Å². The Labute approximate surface area is 160 Å². The summed E-state index contributed by atoms with van der Waals surface area (Å²) in [6, 6.07) is 11.8. The van der Waals surface area contributed by atoms with Gasteiger partial charge in [0, 0.05) is 17.0 Å². The van der Waals surface area contributed by atoms with Gasteiger partial charge >= 0.3 is 0 Å². The molecule has 2 aromatic carbocycles. The van der Waals surface area contributed by atoms with Gasteiger partial charge in [0.05, 0.1) is 30.9 Å². The summed E-state index contributed by atoms with van der Waals surface area (Å²) in [5.41, 5.74) is 1.75. The third-order valence-corrected chi connectivity index (χ3v) is 5.57. The Morgan fingerprint density at radius 1 is 1.15 bits per heavy atom. The highest BCUT2D eigenvalue weighted by molar-refractivity contribution is 7.99. The summed E-state index contributed by atoms with van der Waals surface area (Å²) < 4.78 is 11.5. The molecule has 1 aromatic heterocycles. The lowest BCUT2D eigenvalue weighted by Gasteiger charge is -2.05. The average Bonchev–Trinajstić information content (AvgIpc) is 3.03. The molecule has 136 valence electrons. The Morgan fingerprint density at radius 3 is 2.50 bits per heavy atom. The van der Waals surface area contributed by atoms with E-state index in [4.69, 9.17) is 9.47 Å². The highest BCUT2D eigenvalue weighted by Gasteiger charge is 2.12. The van der Waals surface area contributed by atoms with Crippen molar-refractivity contribution in [2.75, 3.05) is 25.3 Å². The molecule has 0 unspecified atom stereocenters. The van der Waals surface area contributed by atoms with Crippen LogP contribution >= 0.6 is 23.1 Å². The van der Waals surface area contributed by atoms with E-state index in [1.807, 2.05) is 36.4 Å². The van der Waals surface area contributed by atoms with Crippen LogP contribution in [0, 0.1) is 0 Å². The van der Waals surface area contributed by atoms with Crippen molar-refractivity contribution in [2.45, 2.75) is 18.2 Å². The highest BCUT2D eigenvalue weighted by Crippen LogP contribution is 2.36. The van der Waals surface area contributed by atoms with Crippen molar-refractivity contribution in [1.82, 2.24) is 4.98 Å². The van der Waals surface area contributed by atoms with E-state index in [0.717, 1.165) is 21.5 Å². The summed E-state index contributed by atoms with van der Waals surface area (Å²) in [6.45, 7) is 2.12. The van der Waals surface area contributed by atoms with Gasteiger partial charge in [-0.05, 0) is 23.4 Å². The number of thiazole rings is 1. The predicted molar refractivity (Wildman–Crippen MR) is 108 cm³/mol. The van der Waals surface area contributed by atoms with Crippen LogP contribution in [0.5, 0.6) is 11.5 Å². The SMILES string of the molecule is CCSc1ccc(CC(=O)Nc2nc3cc(OC)c(OC)cc3s2)cc1.